The first-order valence-corrected chi connectivity index (χ1v) is 18.7. The average Bonchev–Trinajstić information content (AvgIpc) is 3.69. The Hall–Kier alpha value is -2.55. The molecule has 2 aromatic carbocycles. The lowest BCUT2D eigenvalue weighted by Crippen LogP contribution is -2.45. The fourth-order valence-corrected chi connectivity index (χ4v) is 7.67. The quantitative estimate of drug-likeness (QED) is 0.272. The van der Waals surface area contributed by atoms with E-state index in [-0.39, 0.29) is 5.95 Å². The molecule has 0 bridgehead atoms. The highest BCUT2D eigenvalue weighted by atomic mass is 79.9. The maximum Gasteiger partial charge on any atom is 0.232 e. The highest BCUT2D eigenvalue weighted by Gasteiger charge is 2.32. The van der Waals surface area contributed by atoms with Gasteiger partial charge in [0.1, 0.15) is 11.6 Å². The minimum Gasteiger partial charge on any atom is -0.493 e. The van der Waals surface area contributed by atoms with Crippen molar-refractivity contribution < 1.29 is 13.2 Å². The largest absolute Gasteiger partial charge is 0.493 e. The number of halogens is 3. The third-order valence-electron chi connectivity index (χ3n) is 9.17. The van der Waals surface area contributed by atoms with E-state index in [1.807, 2.05) is 18.2 Å². The summed E-state index contributed by atoms with van der Waals surface area (Å²) in [6.45, 7) is 4.69. The summed E-state index contributed by atoms with van der Waals surface area (Å²) in [5, 5.41) is 7.56. The zero-order valence-corrected chi connectivity index (χ0v) is 30.3. The summed E-state index contributed by atoms with van der Waals surface area (Å²) in [5.41, 5.74) is 3.46. The van der Waals surface area contributed by atoms with Gasteiger partial charge in [0, 0.05) is 64.0 Å². The van der Waals surface area contributed by atoms with Crippen LogP contribution < -0.4 is 24.6 Å². The average molecular weight is 755 g/mol. The summed E-state index contributed by atoms with van der Waals surface area (Å²) < 4.78 is 32.4. The molecule has 3 aliphatic heterocycles. The first-order chi connectivity index (χ1) is 21.9. The maximum absolute atomic E-state index is 12.4. The van der Waals surface area contributed by atoms with Gasteiger partial charge < -0.3 is 25.2 Å². The van der Waals surface area contributed by atoms with Crippen molar-refractivity contribution in [1.82, 2.24) is 19.8 Å². The molecule has 0 aliphatic carbocycles. The number of hydrogen-bond donors (Lipinski definition) is 2. The van der Waals surface area contributed by atoms with Crippen LogP contribution in [-0.4, -0.2) is 100 Å². The zero-order valence-electron chi connectivity index (χ0n) is 26.4. The van der Waals surface area contributed by atoms with Gasteiger partial charge in [-0.25, -0.2) is 13.4 Å². The molecule has 3 aliphatic rings. The van der Waals surface area contributed by atoms with Crippen molar-refractivity contribution >= 4 is 83.7 Å². The lowest BCUT2D eigenvalue weighted by Gasteiger charge is -2.38. The van der Waals surface area contributed by atoms with Gasteiger partial charge in [-0.1, -0.05) is 23.2 Å². The predicted molar refractivity (Wildman–Crippen MR) is 191 cm³/mol. The number of aromatic nitrogens is 2. The van der Waals surface area contributed by atoms with E-state index in [1.54, 1.807) is 12.3 Å². The minimum atomic E-state index is -3.52. The number of nitrogens with zero attached hydrogens (tertiary/aromatic N) is 6. The Bertz CT molecular complexity index is 1720. The van der Waals surface area contributed by atoms with Crippen LogP contribution in [0.1, 0.15) is 24.8 Å². The molecule has 1 aromatic heterocycles. The summed E-state index contributed by atoms with van der Waals surface area (Å²) in [5.74, 6) is 1.42. The molecule has 2 fully saturated rings. The standard InChI is InChI=1S/C31H39BrCl2N8O3S/c1-39(2)21-7-11-42(18-21)20-5-9-41(10-6-20)27-15-23(33)25(14-24(27)34)37-31-35-17-22(32)30(38-31)36-26-16-29-19(8-12-45-29)13-28(26)40(3)46(4,43)44/h13-17,20-21H,5-12,18H2,1-4H3,(H2,35,36,37,38). The summed E-state index contributed by atoms with van der Waals surface area (Å²) >= 11 is 17.1. The van der Waals surface area contributed by atoms with Crippen LogP contribution in [-0.2, 0) is 16.4 Å². The molecule has 0 saturated carbocycles. The van der Waals surface area contributed by atoms with Gasteiger partial charge >= 0.3 is 0 Å². The van der Waals surface area contributed by atoms with E-state index in [4.69, 9.17) is 27.9 Å². The lowest BCUT2D eigenvalue weighted by molar-refractivity contribution is 0.189. The molecule has 248 valence electrons. The van der Waals surface area contributed by atoms with Gasteiger partial charge in [-0.3, -0.25) is 9.21 Å². The van der Waals surface area contributed by atoms with Crippen molar-refractivity contribution in [3.63, 3.8) is 0 Å². The van der Waals surface area contributed by atoms with Crippen molar-refractivity contribution in [3.8, 4) is 5.75 Å². The molecule has 1 atom stereocenters. The molecule has 4 heterocycles. The van der Waals surface area contributed by atoms with Gasteiger partial charge in [-0.15, -0.1) is 0 Å². The van der Waals surface area contributed by atoms with Gasteiger partial charge in [-0.2, -0.15) is 4.98 Å². The molecule has 6 rings (SSSR count). The number of ether oxygens (including phenoxy) is 1. The fraction of sp³-hybridized carbons (Fsp3) is 0.484. The van der Waals surface area contributed by atoms with Gasteiger partial charge in [0.25, 0.3) is 0 Å². The van der Waals surface area contributed by atoms with E-state index in [2.05, 4.69) is 65.3 Å². The van der Waals surface area contributed by atoms with Crippen LogP contribution >= 0.6 is 39.1 Å². The van der Waals surface area contributed by atoms with Crippen LogP contribution in [0.5, 0.6) is 5.75 Å². The van der Waals surface area contributed by atoms with Crippen LogP contribution in [0.25, 0.3) is 0 Å². The smallest absolute Gasteiger partial charge is 0.232 e. The Morgan fingerprint density at radius 1 is 1.00 bits per heavy atom. The molecule has 0 radical (unpaired) electrons. The van der Waals surface area contributed by atoms with Gasteiger partial charge in [0.2, 0.25) is 16.0 Å². The maximum atomic E-state index is 12.4. The fourth-order valence-electron chi connectivity index (χ4n) is 6.38. The molecule has 1 unspecified atom stereocenters. The van der Waals surface area contributed by atoms with Crippen LogP contribution in [0, 0.1) is 0 Å². The molecule has 46 heavy (non-hydrogen) atoms. The van der Waals surface area contributed by atoms with E-state index >= 15 is 0 Å². The summed E-state index contributed by atoms with van der Waals surface area (Å²) in [6, 6.07) is 8.58. The minimum absolute atomic E-state index is 0.286. The number of rotatable bonds is 9. The van der Waals surface area contributed by atoms with E-state index < -0.39 is 10.0 Å². The number of piperidine rings is 1. The molecule has 15 heteroatoms. The van der Waals surface area contributed by atoms with E-state index in [0.29, 0.717) is 68.3 Å². The van der Waals surface area contributed by atoms with Crippen LogP contribution in [0.15, 0.2) is 34.9 Å². The summed E-state index contributed by atoms with van der Waals surface area (Å²) in [4.78, 5) is 16.4. The molecule has 0 amide bonds. The number of likely N-dealkylation sites (N-methyl/N-ethyl adjacent to an activating group) is 1. The van der Waals surface area contributed by atoms with Crippen molar-refractivity contribution in [2.75, 3.05) is 80.0 Å². The number of fused-ring (bicyclic) bond motifs is 1. The third kappa shape index (κ3) is 7.14. The number of anilines is 6. The monoisotopic (exact) mass is 752 g/mol. The molecule has 0 spiro atoms. The lowest BCUT2D eigenvalue weighted by atomic mass is 10.0. The second-order valence-corrected chi connectivity index (χ2v) is 16.0. The van der Waals surface area contributed by atoms with E-state index in [9.17, 15) is 8.42 Å². The molecule has 2 saturated heterocycles. The van der Waals surface area contributed by atoms with Gasteiger partial charge in [0.15, 0.2) is 0 Å². The number of sulfonamides is 1. The van der Waals surface area contributed by atoms with Crippen molar-refractivity contribution in [1.29, 1.82) is 0 Å². The normalized spacial score (nSPS) is 19.0. The Labute approximate surface area is 289 Å². The Morgan fingerprint density at radius 2 is 1.76 bits per heavy atom. The highest BCUT2D eigenvalue weighted by Crippen LogP contribution is 2.41. The number of nitrogens with one attached hydrogen (secondary N) is 2. The molecular formula is C31H39BrCl2N8O3S. The molecular weight excluding hydrogens is 715 g/mol. The topological polar surface area (TPSA) is 106 Å². The van der Waals surface area contributed by atoms with Crippen LogP contribution in [0.4, 0.5) is 34.5 Å². The molecule has 3 aromatic rings. The summed E-state index contributed by atoms with van der Waals surface area (Å²) in [6.07, 6.45) is 6.90. The zero-order chi connectivity index (χ0) is 32.7. The first kappa shape index (κ1) is 33.4. The predicted octanol–water partition coefficient (Wildman–Crippen LogP) is 5.97. The number of hydrogen-bond acceptors (Lipinski definition) is 10. The van der Waals surface area contributed by atoms with Crippen molar-refractivity contribution in [2.24, 2.45) is 0 Å². The SMILES string of the molecule is CN(C)C1CCN(C2CCN(c3cc(Cl)c(Nc4ncc(Br)c(Nc5cc6c(cc5N(C)S(C)(=O)=O)CCO6)n4)cc3Cl)CC2)C1. The number of benzene rings is 2. The van der Waals surface area contributed by atoms with Crippen LogP contribution in [0.2, 0.25) is 10.0 Å². The van der Waals surface area contributed by atoms with Gasteiger partial charge in [-0.05, 0) is 73.1 Å². The van der Waals surface area contributed by atoms with Crippen LogP contribution in [0.3, 0.4) is 0 Å². The Morgan fingerprint density at radius 3 is 2.46 bits per heavy atom. The van der Waals surface area contributed by atoms with Crippen molar-refractivity contribution in [2.45, 2.75) is 37.8 Å². The summed E-state index contributed by atoms with van der Waals surface area (Å²) in [7, 11) is 2.34. The Kier molecular flexibility index (Phi) is 9.80. The first-order valence-electron chi connectivity index (χ1n) is 15.3. The second kappa shape index (κ2) is 13.5. The van der Waals surface area contributed by atoms with E-state index in [1.165, 1.54) is 24.0 Å². The van der Waals surface area contributed by atoms with E-state index in [0.717, 1.165) is 50.3 Å². The van der Waals surface area contributed by atoms with Crippen molar-refractivity contribution in [3.05, 3.63) is 50.5 Å². The van der Waals surface area contributed by atoms with Gasteiger partial charge in [0.05, 0.1) is 50.1 Å². The number of likely N-dealkylation sites (tertiary alicyclic amines) is 1. The Balaban J connectivity index is 1.17. The molecule has 2 N–H and O–H groups in total. The second-order valence-electron chi connectivity index (χ2n) is 12.3. The third-order valence-corrected chi connectivity index (χ3v) is 11.6. The molecule has 11 nitrogen and oxygen atoms in total. The highest BCUT2D eigenvalue weighted by molar-refractivity contribution is 9.10.